The summed E-state index contributed by atoms with van der Waals surface area (Å²) in [6.45, 7) is 7.99. The molecule has 0 bridgehead atoms. The summed E-state index contributed by atoms with van der Waals surface area (Å²) in [5.41, 5.74) is 1.26. The second kappa shape index (κ2) is 6.23. The van der Waals surface area contributed by atoms with E-state index in [0.29, 0.717) is 0 Å². The van der Waals surface area contributed by atoms with E-state index in [-0.39, 0.29) is 0 Å². The zero-order valence-corrected chi connectivity index (χ0v) is 10.0. The van der Waals surface area contributed by atoms with E-state index in [1.807, 2.05) is 6.07 Å². The molecule has 0 saturated heterocycles. The van der Waals surface area contributed by atoms with Crippen molar-refractivity contribution in [2.75, 3.05) is 13.1 Å². The van der Waals surface area contributed by atoms with Crippen molar-refractivity contribution in [3.63, 3.8) is 0 Å². The fourth-order valence-electron chi connectivity index (χ4n) is 1.09. The van der Waals surface area contributed by atoms with Gasteiger partial charge in [0.1, 0.15) is 0 Å². The Morgan fingerprint density at radius 1 is 1.57 bits per heavy atom. The number of halogens is 1. The Balaban J connectivity index is 2.13. The van der Waals surface area contributed by atoms with Gasteiger partial charge in [-0.15, -0.1) is 11.3 Å². The van der Waals surface area contributed by atoms with Crippen LogP contribution >= 0.6 is 22.9 Å². The monoisotopic (exact) mass is 229 g/mol. The van der Waals surface area contributed by atoms with Crippen LogP contribution in [-0.4, -0.2) is 13.1 Å². The van der Waals surface area contributed by atoms with Gasteiger partial charge >= 0.3 is 0 Å². The van der Waals surface area contributed by atoms with Gasteiger partial charge in [-0.05, 0) is 25.0 Å². The van der Waals surface area contributed by atoms with Crippen molar-refractivity contribution >= 4 is 22.9 Å². The smallest absolute Gasteiger partial charge is 0.0931 e. The summed E-state index contributed by atoms with van der Waals surface area (Å²) < 4.78 is 0.873. The lowest BCUT2D eigenvalue weighted by molar-refractivity contribution is 0.722. The van der Waals surface area contributed by atoms with Crippen LogP contribution in [0.25, 0.3) is 0 Å². The highest BCUT2D eigenvalue weighted by Crippen LogP contribution is 2.21. The van der Waals surface area contributed by atoms with Crippen LogP contribution in [0, 0.1) is 0 Å². The Morgan fingerprint density at radius 3 is 2.93 bits per heavy atom. The number of hydrogen-bond donors (Lipinski definition) is 1. The Bertz CT molecular complexity index is 293. The molecule has 0 unspecified atom stereocenters. The first-order valence-electron chi connectivity index (χ1n) is 4.84. The van der Waals surface area contributed by atoms with E-state index < -0.39 is 0 Å². The van der Waals surface area contributed by atoms with Gasteiger partial charge in [-0.2, -0.15) is 0 Å². The highest BCUT2D eigenvalue weighted by Gasteiger charge is 1.97. The lowest BCUT2D eigenvalue weighted by atomic mass is 10.2. The van der Waals surface area contributed by atoms with Crippen LogP contribution in [0.4, 0.5) is 0 Å². The van der Waals surface area contributed by atoms with E-state index in [0.717, 1.165) is 30.3 Å². The van der Waals surface area contributed by atoms with Crippen LogP contribution < -0.4 is 5.32 Å². The summed E-state index contributed by atoms with van der Waals surface area (Å²) in [6.07, 6.45) is 2.10. The Kier molecular flexibility index (Phi) is 5.23. The van der Waals surface area contributed by atoms with Crippen molar-refractivity contribution in [3.8, 4) is 0 Å². The van der Waals surface area contributed by atoms with Gasteiger partial charge in [0.2, 0.25) is 0 Å². The third kappa shape index (κ3) is 4.27. The fraction of sp³-hybridized carbons (Fsp3) is 0.455. The molecule has 1 N–H and O–H groups in total. The maximum absolute atomic E-state index is 5.83. The molecule has 0 amide bonds. The molecule has 1 aromatic heterocycles. The molecule has 0 radical (unpaired) electrons. The molecule has 0 aliphatic carbocycles. The summed E-state index contributed by atoms with van der Waals surface area (Å²) in [7, 11) is 0. The van der Waals surface area contributed by atoms with E-state index in [1.165, 1.54) is 10.5 Å². The molecule has 0 saturated carbocycles. The molecular formula is C11H16ClNS. The van der Waals surface area contributed by atoms with Gasteiger partial charge in [0.25, 0.3) is 0 Å². The van der Waals surface area contributed by atoms with Crippen molar-refractivity contribution in [1.29, 1.82) is 0 Å². The molecule has 1 rings (SSSR count). The molecule has 1 nitrogen and oxygen atoms in total. The molecule has 1 heterocycles. The van der Waals surface area contributed by atoms with E-state index in [4.69, 9.17) is 11.6 Å². The third-order valence-corrected chi connectivity index (χ3v) is 3.34. The number of thiophene rings is 1. The van der Waals surface area contributed by atoms with Crippen LogP contribution in [0.5, 0.6) is 0 Å². The molecule has 0 aromatic carbocycles. The van der Waals surface area contributed by atoms with Gasteiger partial charge in [-0.25, -0.2) is 0 Å². The van der Waals surface area contributed by atoms with E-state index in [9.17, 15) is 0 Å². The van der Waals surface area contributed by atoms with Crippen molar-refractivity contribution in [2.24, 2.45) is 0 Å². The zero-order valence-electron chi connectivity index (χ0n) is 8.48. The average molecular weight is 230 g/mol. The quantitative estimate of drug-likeness (QED) is 0.582. The summed E-state index contributed by atoms with van der Waals surface area (Å²) in [4.78, 5) is 1.34. The number of rotatable bonds is 6. The minimum Gasteiger partial charge on any atom is -0.313 e. The first-order chi connectivity index (χ1) is 6.72. The van der Waals surface area contributed by atoms with Crippen LogP contribution in [0.2, 0.25) is 4.34 Å². The zero-order chi connectivity index (χ0) is 10.4. The minimum absolute atomic E-state index is 0.873. The second-order valence-electron chi connectivity index (χ2n) is 3.24. The summed E-state index contributed by atoms with van der Waals surface area (Å²) in [5, 5.41) is 3.36. The molecule has 3 heteroatoms. The van der Waals surface area contributed by atoms with Gasteiger partial charge in [-0.1, -0.05) is 30.7 Å². The average Bonchev–Trinajstić information content (AvgIpc) is 2.58. The van der Waals surface area contributed by atoms with E-state index in [2.05, 4.69) is 24.9 Å². The van der Waals surface area contributed by atoms with Crippen molar-refractivity contribution in [1.82, 2.24) is 5.32 Å². The van der Waals surface area contributed by atoms with Gasteiger partial charge in [0.15, 0.2) is 0 Å². The first-order valence-corrected chi connectivity index (χ1v) is 6.03. The van der Waals surface area contributed by atoms with Crippen LogP contribution in [0.1, 0.15) is 18.2 Å². The van der Waals surface area contributed by atoms with Gasteiger partial charge in [0, 0.05) is 18.0 Å². The molecule has 0 atom stereocenters. The third-order valence-electron chi connectivity index (χ3n) is 2.05. The topological polar surface area (TPSA) is 12.0 Å². The predicted octanol–water partition coefficient (Wildman–Crippen LogP) is 3.50. The molecule has 78 valence electrons. The minimum atomic E-state index is 0.873. The molecule has 0 aliphatic rings. The summed E-state index contributed by atoms with van der Waals surface area (Å²) >= 11 is 7.49. The van der Waals surface area contributed by atoms with Crippen LogP contribution in [0.15, 0.2) is 24.3 Å². The molecule has 1 aromatic rings. The highest BCUT2D eigenvalue weighted by molar-refractivity contribution is 7.16. The molecule has 14 heavy (non-hydrogen) atoms. The van der Waals surface area contributed by atoms with Crippen molar-refractivity contribution in [3.05, 3.63) is 33.5 Å². The summed E-state index contributed by atoms with van der Waals surface area (Å²) in [6, 6.07) is 4.04. The predicted molar refractivity (Wildman–Crippen MR) is 65.3 cm³/mol. The molecule has 0 fully saturated rings. The van der Waals surface area contributed by atoms with Crippen molar-refractivity contribution in [2.45, 2.75) is 19.8 Å². The highest BCUT2D eigenvalue weighted by atomic mass is 35.5. The van der Waals surface area contributed by atoms with E-state index >= 15 is 0 Å². The van der Waals surface area contributed by atoms with Crippen LogP contribution in [-0.2, 0) is 6.42 Å². The second-order valence-corrected chi connectivity index (χ2v) is 5.04. The Labute approximate surface area is 94.8 Å². The number of nitrogens with one attached hydrogen (secondary N) is 1. The van der Waals surface area contributed by atoms with Gasteiger partial charge in [0.05, 0.1) is 4.34 Å². The molecular weight excluding hydrogens is 214 g/mol. The maximum Gasteiger partial charge on any atom is 0.0931 e. The SMILES string of the molecule is C=C(CC)CNCCc1ccc(Cl)s1. The largest absolute Gasteiger partial charge is 0.313 e. The number of hydrogen-bond acceptors (Lipinski definition) is 2. The summed E-state index contributed by atoms with van der Waals surface area (Å²) in [5.74, 6) is 0. The maximum atomic E-state index is 5.83. The normalized spacial score (nSPS) is 10.4. The molecule has 0 spiro atoms. The molecule has 0 aliphatic heterocycles. The first kappa shape index (κ1) is 11.8. The standard InChI is InChI=1S/C11H16ClNS/c1-3-9(2)8-13-7-6-10-4-5-11(12)14-10/h4-5,13H,2-3,6-8H2,1H3. The lowest BCUT2D eigenvalue weighted by Crippen LogP contribution is -2.19. The van der Waals surface area contributed by atoms with Crippen LogP contribution in [0.3, 0.4) is 0 Å². The lowest BCUT2D eigenvalue weighted by Gasteiger charge is -2.04. The van der Waals surface area contributed by atoms with E-state index in [1.54, 1.807) is 11.3 Å². The van der Waals surface area contributed by atoms with Gasteiger partial charge < -0.3 is 5.32 Å². The Hall–Kier alpha value is -0.310. The Morgan fingerprint density at radius 2 is 2.36 bits per heavy atom. The van der Waals surface area contributed by atoms with Gasteiger partial charge in [-0.3, -0.25) is 0 Å². The van der Waals surface area contributed by atoms with Crippen molar-refractivity contribution < 1.29 is 0 Å². The fourth-order valence-corrected chi connectivity index (χ4v) is 2.17.